The van der Waals surface area contributed by atoms with Gasteiger partial charge in [-0.3, -0.25) is 4.79 Å². The predicted octanol–water partition coefficient (Wildman–Crippen LogP) is -0.263. The molecule has 0 spiro atoms. The number of hydrogen-bond donors (Lipinski definition) is 1. The standard InChI is InChI=1S/C22H26FN7O6/c23-17-11-15-18(31)16(21(32)33)12-27(14-1-2-14)20(15)30-19(17)24-28(22(30)34)13-29(25-3-7-35-8-4-25)26-5-9-36-10-6-26/h11-12,14H,1-10,13H2,(H,32,33). The number of halogens is 1. The number of aromatic nitrogens is 4. The second-order valence-electron chi connectivity index (χ2n) is 9.13. The zero-order valence-corrected chi connectivity index (χ0v) is 19.5. The fourth-order valence-corrected chi connectivity index (χ4v) is 4.88. The molecule has 3 aromatic heterocycles. The summed E-state index contributed by atoms with van der Waals surface area (Å²) in [6, 6.07) is 0.907. The lowest BCUT2D eigenvalue weighted by Crippen LogP contribution is -2.60. The van der Waals surface area contributed by atoms with Gasteiger partial charge in [-0.2, -0.15) is 9.80 Å². The van der Waals surface area contributed by atoms with E-state index in [0.29, 0.717) is 52.6 Å². The molecule has 2 saturated heterocycles. The minimum Gasteiger partial charge on any atom is -0.477 e. The highest BCUT2D eigenvalue weighted by Gasteiger charge is 2.31. The lowest BCUT2D eigenvalue weighted by Gasteiger charge is -2.44. The average Bonchev–Trinajstić information content (AvgIpc) is 3.68. The number of aromatic carboxylic acids is 1. The van der Waals surface area contributed by atoms with Crippen molar-refractivity contribution in [1.29, 1.82) is 0 Å². The number of carboxylic acid groups (broad SMARTS) is 1. The Morgan fingerprint density at radius 3 is 2.25 bits per heavy atom. The molecule has 0 unspecified atom stereocenters. The van der Waals surface area contributed by atoms with E-state index < -0.39 is 28.5 Å². The molecule has 1 saturated carbocycles. The van der Waals surface area contributed by atoms with Crippen LogP contribution in [0.3, 0.4) is 0 Å². The molecule has 3 aromatic rings. The van der Waals surface area contributed by atoms with E-state index in [1.165, 1.54) is 10.9 Å². The summed E-state index contributed by atoms with van der Waals surface area (Å²) in [6.07, 6.45) is 2.78. The van der Waals surface area contributed by atoms with E-state index in [9.17, 15) is 19.5 Å². The van der Waals surface area contributed by atoms with E-state index in [2.05, 4.69) is 15.1 Å². The normalized spacial score (nSPS) is 20.1. The molecule has 6 rings (SSSR count). The van der Waals surface area contributed by atoms with Gasteiger partial charge in [0.15, 0.2) is 11.5 Å². The maximum Gasteiger partial charge on any atom is 0.353 e. The first kappa shape index (κ1) is 23.2. The van der Waals surface area contributed by atoms with Crippen LogP contribution in [0.2, 0.25) is 0 Å². The van der Waals surface area contributed by atoms with Crippen molar-refractivity contribution in [2.45, 2.75) is 25.6 Å². The van der Waals surface area contributed by atoms with Crippen LogP contribution in [0.15, 0.2) is 21.9 Å². The number of carbonyl (C=O) groups is 1. The molecular formula is C22H26FN7O6. The van der Waals surface area contributed by atoms with Crippen LogP contribution < -0.4 is 11.1 Å². The summed E-state index contributed by atoms with van der Waals surface area (Å²) in [5.74, 6) is -2.27. The summed E-state index contributed by atoms with van der Waals surface area (Å²) in [5.41, 5.74) is -1.96. The fourth-order valence-electron chi connectivity index (χ4n) is 4.88. The number of carboxylic acids is 1. The topological polar surface area (TPSA) is 127 Å². The fraction of sp³-hybridized carbons (Fsp3) is 0.545. The lowest BCUT2D eigenvalue weighted by molar-refractivity contribution is -0.244. The van der Waals surface area contributed by atoms with Gasteiger partial charge in [0, 0.05) is 38.4 Å². The first-order valence-corrected chi connectivity index (χ1v) is 12.0. The van der Waals surface area contributed by atoms with E-state index in [1.54, 1.807) is 4.57 Å². The minimum absolute atomic E-state index is 0.0301. The summed E-state index contributed by atoms with van der Waals surface area (Å²) in [5, 5.41) is 19.7. The molecule has 0 bridgehead atoms. The van der Waals surface area contributed by atoms with Crippen molar-refractivity contribution in [3.05, 3.63) is 44.4 Å². The van der Waals surface area contributed by atoms with Gasteiger partial charge in [-0.1, -0.05) is 0 Å². The molecule has 14 heteroatoms. The van der Waals surface area contributed by atoms with Crippen LogP contribution in [0.5, 0.6) is 0 Å². The third kappa shape index (κ3) is 3.90. The molecule has 2 aliphatic heterocycles. The summed E-state index contributed by atoms with van der Waals surface area (Å²) >= 11 is 0. The predicted molar refractivity (Wildman–Crippen MR) is 123 cm³/mol. The quantitative estimate of drug-likeness (QED) is 0.481. The Bertz CT molecular complexity index is 1430. The molecule has 0 aromatic carbocycles. The number of rotatable bonds is 6. The number of pyridine rings is 2. The number of nitrogens with zero attached hydrogens (tertiary/aromatic N) is 7. The highest BCUT2D eigenvalue weighted by molar-refractivity contribution is 5.92. The Labute approximate surface area is 203 Å². The maximum atomic E-state index is 15.2. The van der Waals surface area contributed by atoms with Gasteiger partial charge < -0.3 is 19.1 Å². The van der Waals surface area contributed by atoms with E-state index in [0.717, 1.165) is 23.3 Å². The van der Waals surface area contributed by atoms with Gasteiger partial charge in [0.1, 0.15) is 17.9 Å². The van der Waals surface area contributed by atoms with Crippen LogP contribution in [0.1, 0.15) is 29.2 Å². The molecule has 0 atom stereocenters. The third-order valence-electron chi connectivity index (χ3n) is 6.84. The molecule has 5 heterocycles. The Kier molecular flexibility index (Phi) is 5.84. The summed E-state index contributed by atoms with van der Waals surface area (Å²) in [7, 11) is 0. The molecule has 0 radical (unpaired) electrons. The Balaban J connectivity index is 1.51. The van der Waals surface area contributed by atoms with Crippen molar-refractivity contribution in [3.63, 3.8) is 0 Å². The highest BCUT2D eigenvalue weighted by Crippen LogP contribution is 2.37. The van der Waals surface area contributed by atoms with Crippen molar-refractivity contribution in [2.75, 3.05) is 52.6 Å². The van der Waals surface area contributed by atoms with Crippen LogP contribution in [0.25, 0.3) is 16.7 Å². The van der Waals surface area contributed by atoms with Gasteiger partial charge in [0.2, 0.25) is 5.43 Å². The second kappa shape index (κ2) is 9.05. The highest BCUT2D eigenvalue weighted by atomic mass is 19.1. The van der Waals surface area contributed by atoms with Gasteiger partial charge in [-0.15, -0.1) is 5.10 Å². The number of fused-ring (bicyclic) bond motifs is 3. The monoisotopic (exact) mass is 503 g/mol. The molecule has 3 fully saturated rings. The van der Waals surface area contributed by atoms with Crippen molar-refractivity contribution < 1.29 is 23.8 Å². The molecule has 0 amide bonds. The van der Waals surface area contributed by atoms with E-state index in [-0.39, 0.29) is 29.4 Å². The van der Waals surface area contributed by atoms with E-state index >= 15 is 4.39 Å². The lowest BCUT2D eigenvalue weighted by atomic mass is 10.2. The smallest absolute Gasteiger partial charge is 0.353 e. The molecule has 13 nitrogen and oxygen atoms in total. The Morgan fingerprint density at radius 1 is 1.08 bits per heavy atom. The second-order valence-corrected chi connectivity index (χ2v) is 9.13. The number of ether oxygens (including phenoxy) is 2. The van der Waals surface area contributed by atoms with Crippen LogP contribution >= 0.6 is 0 Å². The summed E-state index contributed by atoms with van der Waals surface area (Å²) < 4.78 is 30.0. The molecule has 36 heavy (non-hydrogen) atoms. The summed E-state index contributed by atoms with van der Waals surface area (Å²) in [4.78, 5) is 38.3. The van der Waals surface area contributed by atoms with Crippen molar-refractivity contribution in [3.8, 4) is 0 Å². The maximum absolute atomic E-state index is 15.2. The third-order valence-corrected chi connectivity index (χ3v) is 6.84. The minimum atomic E-state index is -1.40. The SMILES string of the molecule is O=C(O)c1cn(C2CC2)c2c(cc(F)c3nn(CN(N4CCOCC4)N4CCOCC4)c(=O)n32)c1=O. The zero-order valence-electron chi connectivity index (χ0n) is 19.5. The molecule has 3 aliphatic rings. The van der Waals surface area contributed by atoms with Crippen LogP contribution in [-0.4, -0.2) is 97.6 Å². The first-order chi connectivity index (χ1) is 17.4. The van der Waals surface area contributed by atoms with Gasteiger partial charge >= 0.3 is 11.7 Å². The Morgan fingerprint density at radius 2 is 1.69 bits per heavy atom. The molecule has 192 valence electrons. The van der Waals surface area contributed by atoms with E-state index in [4.69, 9.17) is 9.47 Å². The summed E-state index contributed by atoms with van der Waals surface area (Å²) in [6.45, 7) is 4.68. The first-order valence-electron chi connectivity index (χ1n) is 12.0. The van der Waals surface area contributed by atoms with Crippen LogP contribution in [0, 0.1) is 5.82 Å². The average molecular weight is 503 g/mol. The Hall–Kier alpha value is -3.17. The van der Waals surface area contributed by atoms with Gasteiger partial charge in [-0.05, 0) is 18.9 Å². The van der Waals surface area contributed by atoms with Gasteiger partial charge in [0.05, 0.1) is 31.8 Å². The molecule has 1 N–H and O–H groups in total. The van der Waals surface area contributed by atoms with Crippen molar-refractivity contribution in [1.82, 2.24) is 33.9 Å². The largest absolute Gasteiger partial charge is 0.477 e. The number of hydrogen-bond acceptors (Lipinski definition) is 9. The zero-order chi connectivity index (χ0) is 25.0. The number of hydrazine groups is 2. The van der Waals surface area contributed by atoms with Gasteiger partial charge in [-0.25, -0.2) is 28.4 Å². The van der Waals surface area contributed by atoms with Crippen LogP contribution in [-0.2, 0) is 16.1 Å². The molecular weight excluding hydrogens is 477 g/mol. The van der Waals surface area contributed by atoms with E-state index in [1.807, 2.05) is 5.12 Å². The van der Waals surface area contributed by atoms with Crippen LogP contribution in [0.4, 0.5) is 4.39 Å². The van der Waals surface area contributed by atoms with Crippen molar-refractivity contribution >= 4 is 22.6 Å². The van der Waals surface area contributed by atoms with Crippen molar-refractivity contribution in [2.24, 2.45) is 0 Å². The molecule has 1 aliphatic carbocycles. The van der Waals surface area contributed by atoms with Gasteiger partial charge in [0.25, 0.3) is 0 Å². The number of morpholine rings is 2.